The smallest absolute Gasteiger partial charge is 0.223 e. The number of β-amino-alcohol motifs (C(OH)–C–C–N with tert-alkyl or cyclic N) is 1. The molecular formula is C21H24N4O2. The second kappa shape index (κ2) is 7.48. The Morgan fingerprint density at radius 3 is 2.85 bits per heavy atom. The van der Waals surface area contributed by atoms with Crippen molar-refractivity contribution in [3.05, 3.63) is 60.0 Å². The van der Waals surface area contributed by atoms with Crippen molar-refractivity contribution in [2.45, 2.75) is 25.4 Å². The number of pyridine rings is 1. The molecule has 1 amide bonds. The number of rotatable bonds is 5. The number of aromatic nitrogens is 3. The Kier molecular flexibility index (Phi) is 4.90. The van der Waals surface area contributed by atoms with Crippen molar-refractivity contribution in [3.63, 3.8) is 0 Å². The van der Waals surface area contributed by atoms with Gasteiger partial charge < -0.3 is 10.0 Å². The average molecular weight is 364 g/mol. The predicted octanol–water partition coefficient (Wildman–Crippen LogP) is 1.96. The Morgan fingerprint density at radius 1 is 1.19 bits per heavy atom. The lowest BCUT2D eigenvalue weighted by Gasteiger charge is -2.16. The van der Waals surface area contributed by atoms with Crippen LogP contribution >= 0.6 is 0 Å². The molecule has 1 saturated heterocycles. The molecule has 0 spiro atoms. The quantitative estimate of drug-likeness (QED) is 0.751. The second-order valence-corrected chi connectivity index (χ2v) is 7.27. The number of nitrogens with zero attached hydrogens (tertiary/aromatic N) is 4. The summed E-state index contributed by atoms with van der Waals surface area (Å²) >= 11 is 0. The molecule has 1 fully saturated rings. The number of aliphatic hydroxyl groups excluding tert-OH is 1. The van der Waals surface area contributed by atoms with E-state index in [2.05, 4.69) is 11.2 Å². The van der Waals surface area contributed by atoms with E-state index in [9.17, 15) is 9.90 Å². The number of hydrogen-bond acceptors (Lipinski definition) is 4. The molecule has 1 aromatic carbocycles. The number of aryl methyl sites for hydroxylation is 2. The molecule has 0 radical (unpaired) electrons. The molecule has 140 valence electrons. The van der Waals surface area contributed by atoms with Gasteiger partial charge in [0, 0.05) is 55.4 Å². The summed E-state index contributed by atoms with van der Waals surface area (Å²) in [5.74, 6) is 0.114. The van der Waals surface area contributed by atoms with Crippen LogP contribution in [-0.2, 0) is 24.7 Å². The summed E-state index contributed by atoms with van der Waals surface area (Å²) in [5, 5.41) is 15.7. The number of amides is 1. The van der Waals surface area contributed by atoms with Gasteiger partial charge in [-0.3, -0.25) is 14.5 Å². The highest BCUT2D eigenvalue weighted by Gasteiger charge is 2.34. The first-order valence-corrected chi connectivity index (χ1v) is 9.37. The molecule has 0 aliphatic carbocycles. The number of carbonyl (C=O) groups excluding carboxylic acids is 1. The van der Waals surface area contributed by atoms with Crippen LogP contribution in [0.5, 0.6) is 0 Å². The summed E-state index contributed by atoms with van der Waals surface area (Å²) in [6.07, 6.45) is 3.02. The largest absolute Gasteiger partial charge is 0.391 e. The minimum atomic E-state index is -0.501. The minimum Gasteiger partial charge on any atom is -0.391 e. The zero-order valence-corrected chi connectivity index (χ0v) is 15.5. The highest BCUT2D eigenvalue weighted by molar-refractivity contribution is 5.78. The lowest BCUT2D eigenvalue weighted by atomic mass is 9.99. The molecule has 4 rings (SSSR count). The fourth-order valence-corrected chi connectivity index (χ4v) is 3.79. The first-order chi connectivity index (χ1) is 13.1. The number of hydrogen-bond donors (Lipinski definition) is 1. The SMILES string of the molecule is Cn1nccc1CCC(=O)N1CC(O)C(Cc2ccc3ccccc3n2)C1. The first kappa shape index (κ1) is 17.7. The molecule has 6 nitrogen and oxygen atoms in total. The third kappa shape index (κ3) is 3.85. The maximum atomic E-state index is 12.5. The lowest BCUT2D eigenvalue weighted by Crippen LogP contribution is -2.30. The third-order valence-electron chi connectivity index (χ3n) is 5.40. The van der Waals surface area contributed by atoms with E-state index in [0.717, 1.165) is 22.3 Å². The Hall–Kier alpha value is -2.73. The number of fused-ring (bicyclic) bond motifs is 1. The Balaban J connectivity index is 1.37. The second-order valence-electron chi connectivity index (χ2n) is 7.27. The zero-order valence-electron chi connectivity index (χ0n) is 15.5. The average Bonchev–Trinajstić information content (AvgIpc) is 3.25. The Bertz CT molecular complexity index is 952. The van der Waals surface area contributed by atoms with Gasteiger partial charge in [0.05, 0.1) is 11.6 Å². The van der Waals surface area contributed by atoms with Crippen LogP contribution in [0, 0.1) is 5.92 Å². The van der Waals surface area contributed by atoms with Crippen LogP contribution in [0.25, 0.3) is 10.9 Å². The predicted molar refractivity (Wildman–Crippen MR) is 103 cm³/mol. The van der Waals surface area contributed by atoms with Gasteiger partial charge in [-0.25, -0.2) is 0 Å². The highest BCUT2D eigenvalue weighted by Crippen LogP contribution is 2.23. The maximum absolute atomic E-state index is 12.5. The van der Waals surface area contributed by atoms with Crippen molar-refractivity contribution in [1.82, 2.24) is 19.7 Å². The van der Waals surface area contributed by atoms with E-state index in [0.29, 0.717) is 32.4 Å². The molecule has 0 bridgehead atoms. The van der Waals surface area contributed by atoms with Crippen molar-refractivity contribution in [2.24, 2.45) is 13.0 Å². The molecule has 27 heavy (non-hydrogen) atoms. The van der Waals surface area contributed by atoms with E-state index < -0.39 is 6.10 Å². The minimum absolute atomic E-state index is 0.0271. The van der Waals surface area contributed by atoms with Crippen LogP contribution < -0.4 is 0 Å². The van der Waals surface area contributed by atoms with Crippen LogP contribution in [0.3, 0.4) is 0 Å². The Morgan fingerprint density at radius 2 is 2.04 bits per heavy atom. The fraction of sp³-hybridized carbons (Fsp3) is 0.381. The van der Waals surface area contributed by atoms with E-state index in [1.54, 1.807) is 15.8 Å². The van der Waals surface area contributed by atoms with E-state index in [1.165, 1.54) is 0 Å². The highest BCUT2D eigenvalue weighted by atomic mass is 16.3. The van der Waals surface area contributed by atoms with Gasteiger partial charge in [0.1, 0.15) is 0 Å². The van der Waals surface area contributed by atoms with Crippen molar-refractivity contribution >= 4 is 16.8 Å². The van der Waals surface area contributed by atoms with Gasteiger partial charge >= 0.3 is 0 Å². The third-order valence-corrected chi connectivity index (χ3v) is 5.40. The van der Waals surface area contributed by atoms with Crippen LogP contribution in [-0.4, -0.2) is 49.9 Å². The van der Waals surface area contributed by atoms with Gasteiger partial charge in [0.25, 0.3) is 0 Å². The summed E-state index contributed by atoms with van der Waals surface area (Å²) in [4.78, 5) is 19.0. The van der Waals surface area contributed by atoms with Crippen LogP contribution in [0.2, 0.25) is 0 Å². The van der Waals surface area contributed by atoms with Gasteiger partial charge in [0.15, 0.2) is 0 Å². The molecule has 2 atom stereocenters. The van der Waals surface area contributed by atoms with Gasteiger partial charge in [-0.05, 0) is 31.0 Å². The van der Waals surface area contributed by atoms with E-state index in [4.69, 9.17) is 4.98 Å². The number of aliphatic hydroxyl groups is 1. The van der Waals surface area contributed by atoms with Crippen LogP contribution in [0.1, 0.15) is 17.8 Å². The van der Waals surface area contributed by atoms with Gasteiger partial charge in [-0.15, -0.1) is 0 Å². The van der Waals surface area contributed by atoms with E-state index in [-0.39, 0.29) is 11.8 Å². The van der Waals surface area contributed by atoms with Crippen molar-refractivity contribution in [1.29, 1.82) is 0 Å². The summed E-state index contributed by atoms with van der Waals surface area (Å²) < 4.78 is 1.79. The number of likely N-dealkylation sites (tertiary alicyclic amines) is 1. The topological polar surface area (TPSA) is 71.2 Å². The summed E-state index contributed by atoms with van der Waals surface area (Å²) in [6.45, 7) is 0.988. The van der Waals surface area contributed by atoms with E-state index >= 15 is 0 Å². The maximum Gasteiger partial charge on any atom is 0.223 e. The fourth-order valence-electron chi connectivity index (χ4n) is 3.79. The van der Waals surface area contributed by atoms with Gasteiger partial charge in [-0.1, -0.05) is 24.3 Å². The molecule has 1 aliphatic rings. The van der Waals surface area contributed by atoms with Crippen molar-refractivity contribution in [3.8, 4) is 0 Å². The molecule has 2 unspecified atom stereocenters. The van der Waals surface area contributed by atoms with Gasteiger partial charge in [0.2, 0.25) is 5.91 Å². The van der Waals surface area contributed by atoms with Crippen molar-refractivity contribution < 1.29 is 9.90 Å². The summed E-state index contributed by atoms with van der Waals surface area (Å²) in [6, 6.07) is 14.0. The molecular weight excluding hydrogens is 340 g/mol. The molecule has 0 saturated carbocycles. The number of para-hydroxylation sites is 1. The summed E-state index contributed by atoms with van der Waals surface area (Å²) in [7, 11) is 1.88. The van der Waals surface area contributed by atoms with Crippen LogP contribution in [0.15, 0.2) is 48.7 Å². The van der Waals surface area contributed by atoms with Gasteiger partial charge in [-0.2, -0.15) is 5.10 Å². The number of carbonyl (C=O) groups is 1. The molecule has 3 aromatic rings. The molecule has 3 heterocycles. The number of benzene rings is 1. The molecule has 1 aliphatic heterocycles. The van der Waals surface area contributed by atoms with E-state index in [1.807, 2.05) is 43.4 Å². The normalized spacial score (nSPS) is 19.7. The standard InChI is InChI=1S/C21H24N4O2/c1-24-18(10-11-22-24)8-9-21(27)25-13-16(20(26)14-25)12-17-7-6-15-4-2-3-5-19(15)23-17/h2-7,10-11,16,20,26H,8-9,12-14H2,1H3. The monoisotopic (exact) mass is 364 g/mol. The van der Waals surface area contributed by atoms with Crippen LogP contribution in [0.4, 0.5) is 0 Å². The molecule has 2 aromatic heterocycles. The zero-order chi connectivity index (χ0) is 18.8. The van der Waals surface area contributed by atoms with Crippen molar-refractivity contribution in [2.75, 3.05) is 13.1 Å². The summed E-state index contributed by atoms with van der Waals surface area (Å²) in [5.41, 5.74) is 2.97. The molecule has 1 N–H and O–H groups in total. The lowest BCUT2D eigenvalue weighted by molar-refractivity contribution is -0.130. The first-order valence-electron chi connectivity index (χ1n) is 9.37. The Labute approximate surface area is 158 Å². The molecule has 6 heteroatoms.